The summed E-state index contributed by atoms with van der Waals surface area (Å²) in [6.07, 6.45) is 0. The molecule has 0 fully saturated rings. The lowest BCUT2D eigenvalue weighted by molar-refractivity contribution is -0.132. The van der Waals surface area contributed by atoms with Crippen LogP contribution in [0.1, 0.15) is 13.8 Å². The molecule has 0 aliphatic rings. The first-order valence-electron chi connectivity index (χ1n) is 8.77. The molecule has 0 N–H and O–H groups in total. The van der Waals surface area contributed by atoms with Gasteiger partial charge in [0, 0.05) is 23.7 Å². The molecule has 6 heteroatoms. The second-order valence-corrected chi connectivity index (χ2v) is 6.39. The number of hydrogen-bond donors (Lipinski definition) is 0. The van der Waals surface area contributed by atoms with Crippen LogP contribution in [-0.4, -0.2) is 30.5 Å². The van der Waals surface area contributed by atoms with E-state index in [9.17, 15) is 9.59 Å². The van der Waals surface area contributed by atoms with Crippen LogP contribution in [0.4, 0.5) is 0 Å². The first-order chi connectivity index (χ1) is 13.0. The fourth-order valence-corrected chi connectivity index (χ4v) is 3.03. The number of carbonyl (C=O) groups excluding carboxylic acids is 1. The third-order valence-corrected chi connectivity index (χ3v) is 4.54. The average molecular weight is 386 g/mol. The van der Waals surface area contributed by atoms with Crippen LogP contribution >= 0.6 is 11.6 Å². The SMILES string of the molecule is CCN(CC)C(=O)COc1c(-c2ccccc2)oc2ccc(Cl)cc2c1=O. The van der Waals surface area contributed by atoms with Gasteiger partial charge in [0.05, 0.1) is 5.39 Å². The average Bonchev–Trinajstić information content (AvgIpc) is 2.69. The van der Waals surface area contributed by atoms with Crippen molar-refractivity contribution < 1.29 is 13.9 Å². The molecule has 0 radical (unpaired) electrons. The van der Waals surface area contributed by atoms with E-state index in [-0.39, 0.29) is 23.7 Å². The molecule has 1 amide bonds. The Balaban J connectivity index is 2.09. The van der Waals surface area contributed by atoms with E-state index in [4.69, 9.17) is 20.8 Å². The third-order valence-electron chi connectivity index (χ3n) is 4.30. The molecule has 0 aliphatic heterocycles. The number of likely N-dealkylation sites (N-methyl/N-ethyl adjacent to an activating group) is 1. The van der Waals surface area contributed by atoms with Gasteiger partial charge in [-0.25, -0.2) is 0 Å². The zero-order chi connectivity index (χ0) is 19.4. The number of ether oxygens (including phenoxy) is 1. The van der Waals surface area contributed by atoms with Gasteiger partial charge in [-0.15, -0.1) is 0 Å². The van der Waals surface area contributed by atoms with E-state index in [0.29, 0.717) is 40.4 Å². The minimum absolute atomic E-state index is 0.0106. The van der Waals surface area contributed by atoms with E-state index in [1.165, 1.54) is 6.07 Å². The molecule has 140 valence electrons. The van der Waals surface area contributed by atoms with Crippen molar-refractivity contribution in [1.29, 1.82) is 0 Å². The van der Waals surface area contributed by atoms with Crippen LogP contribution in [0.3, 0.4) is 0 Å². The van der Waals surface area contributed by atoms with Crippen molar-refractivity contribution in [3.8, 4) is 17.1 Å². The second kappa shape index (κ2) is 8.27. The Hall–Kier alpha value is -2.79. The fourth-order valence-electron chi connectivity index (χ4n) is 2.86. The summed E-state index contributed by atoms with van der Waals surface area (Å²) in [4.78, 5) is 27.0. The third kappa shape index (κ3) is 3.98. The molecular weight excluding hydrogens is 366 g/mol. The first kappa shape index (κ1) is 19.0. The van der Waals surface area contributed by atoms with Gasteiger partial charge < -0.3 is 14.1 Å². The van der Waals surface area contributed by atoms with E-state index in [0.717, 1.165) is 0 Å². The molecule has 0 saturated heterocycles. The maximum atomic E-state index is 13.0. The topological polar surface area (TPSA) is 59.8 Å². The van der Waals surface area contributed by atoms with Crippen LogP contribution in [0.2, 0.25) is 5.02 Å². The largest absolute Gasteiger partial charge is 0.476 e. The van der Waals surface area contributed by atoms with Crippen LogP contribution < -0.4 is 10.2 Å². The second-order valence-electron chi connectivity index (χ2n) is 5.95. The number of benzene rings is 2. The number of fused-ring (bicyclic) bond motifs is 1. The summed E-state index contributed by atoms with van der Waals surface area (Å²) in [5.41, 5.74) is 0.743. The Morgan fingerprint density at radius 1 is 1.11 bits per heavy atom. The first-order valence-corrected chi connectivity index (χ1v) is 9.15. The van der Waals surface area contributed by atoms with E-state index in [2.05, 4.69) is 0 Å². The van der Waals surface area contributed by atoms with Crippen molar-refractivity contribution >= 4 is 28.5 Å². The van der Waals surface area contributed by atoms with Gasteiger partial charge in [0.25, 0.3) is 5.91 Å². The lowest BCUT2D eigenvalue weighted by Gasteiger charge is -2.19. The summed E-state index contributed by atoms with van der Waals surface area (Å²) >= 11 is 6.02. The minimum atomic E-state index is -0.357. The van der Waals surface area contributed by atoms with Crippen molar-refractivity contribution in [1.82, 2.24) is 4.90 Å². The van der Waals surface area contributed by atoms with Crippen LogP contribution in [-0.2, 0) is 4.79 Å². The van der Waals surface area contributed by atoms with Gasteiger partial charge in [0.15, 0.2) is 12.4 Å². The predicted molar refractivity (Wildman–Crippen MR) is 106 cm³/mol. The lowest BCUT2D eigenvalue weighted by Crippen LogP contribution is -2.35. The van der Waals surface area contributed by atoms with Gasteiger partial charge in [-0.2, -0.15) is 0 Å². The highest BCUT2D eigenvalue weighted by Crippen LogP contribution is 2.31. The summed E-state index contributed by atoms with van der Waals surface area (Å²) in [6, 6.07) is 14.0. The number of nitrogens with zero attached hydrogens (tertiary/aromatic N) is 1. The number of rotatable bonds is 6. The molecule has 27 heavy (non-hydrogen) atoms. The Morgan fingerprint density at radius 3 is 2.48 bits per heavy atom. The molecule has 2 aromatic carbocycles. The zero-order valence-electron chi connectivity index (χ0n) is 15.2. The van der Waals surface area contributed by atoms with E-state index in [1.807, 2.05) is 44.2 Å². The van der Waals surface area contributed by atoms with Crippen molar-refractivity contribution in [3.05, 3.63) is 63.8 Å². The lowest BCUT2D eigenvalue weighted by atomic mass is 10.1. The van der Waals surface area contributed by atoms with Gasteiger partial charge in [0.1, 0.15) is 5.58 Å². The maximum Gasteiger partial charge on any atom is 0.260 e. The fraction of sp³-hybridized carbons (Fsp3) is 0.238. The van der Waals surface area contributed by atoms with Gasteiger partial charge in [-0.3, -0.25) is 9.59 Å². The number of amides is 1. The Kier molecular flexibility index (Phi) is 5.81. The normalized spacial score (nSPS) is 10.8. The highest BCUT2D eigenvalue weighted by atomic mass is 35.5. The summed E-state index contributed by atoms with van der Waals surface area (Å²) in [7, 11) is 0. The smallest absolute Gasteiger partial charge is 0.260 e. The Labute approximate surface area is 162 Å². The molecule has 0 aliphatic carbocycles. The molecule has 0 spiro atoms. The van der Waals surface area contributed by atoms with Crippen molar-refractivity contribution in [3.63, 3.8) is 0 Å². The summed E-state index contributed by atoms with van der Waals surface area (Å²) in [5.74, 6) is 0.115. The molecule has 0 bridgehead atoms. The molecule has 0 saturated carbocycles. The van der Waals surface area contributed by atoms with E-state index < -0.39 is 0 Å². The van der Waals surface area contributed by atoms with Crippen molar-refractivity contribution in [2.45, 2.75) is 13.8 Å². The number of carbonyl (C=O) groups is 1. The van der Waals surface area contributed by atoms with Crippen LogP contribution in [0.25, 0.3) is 22.3 Å². The van der Waals surface area contributed by atoms with Crippen LogP contribution in [0.15, 0.2) is 57.7 Å². The van der Waals surface area contributed by atoms with Gasteiger partial charge >= 0.3 is 0 Å². The molecule has 3 rings (SSSR count). The van der Waals surface area contributed by atoms with Crippen molar-refractivity contribution in [2.75, 3.05) is 19.7 Å². The quantitative estimate of drug-likeness (QED) is 0.632. The van der Waals surface area contributed by atoms with Gasteiger partial charge in [-0.1, -0.05) is 41.9 Å². The molecular formula is C21H20ClNO4. The summed E-state index contributed by atoms with van der Waals surface area (Å²) in [5, 5.41) is 0.736. The standard InChI is InChI=1S/C21H20ClNO4/c1-3-23(4-2)18(24)13-26-21-19(25)16-12-15(22)10-11-17(16)27-20(21)14-8-6-5-7-9-14/h5-12H,3-4,13H2,1-2H3. The minimum Gasteiger partial charge on any atom is -0.476 e. The summed E-state index contributed by atoms with van der Waals surface area (Å²) in [6.45, 7) is 4.70. The van der Waals surface area contributed by atoms with E-state index in [1.54, 1.807) is 17.0 Å². The number of halogens is 1. The maximum absolute atomic E-state index is 13.0. The molecule has 0 atom stereocenters. The molecule has 1 aromatic heterocycles. The zero-order valence-corrected chi connectivity index (χ0v) is 16.0. The van der Waals surface area contributed by atoms with Crippen molar-refractivity contribution in [2.24, 2.45) is 0 Å². The molecule has 3 aromatic rings. The Morgan fingerprint density at radius 2 is 1.81 bits per heavy atom. The molecule has 1 heterocycles. The molecule has 0 unspecified atom stereocenters. The van der Waals surface area contributed by atoms with Crippen LogP contribution in [0, 0.1) is 0 Å². The van der Waals surface area contributed by atoms with Gasteiger partial charge in [0.2, 0.25) is 11.2 Å². The van der Waals surface area contributed by atoms with Crippen LogP contribution in [0.5, 0.6) is 5.75 Å². The van der Waals surface area contributed by atoms with E-state index >= 15 is 0 Å². The highest BCUT2D eigenvalue weighted by Gasteiger charge is 2.20. The highest BCUT2D eigenvalue weighted by molar-refractivity contribution is 6.31. The van der Waals surface area contributed by atoms with Gasteiger partial charge in [-0.05, 0) is 32.0 Å². The predicted octanol–water partition coefficient (Wildman–Crippen LogP) is 4.36. The molecule has 5 nitrogen and oxygen atoms in total. The number of hydrogen-bond acceptors (Lipinski definition) is 4. The Bertz CT molecular complexity index is 1010. The summed E-state index contributed by atoms with van der Waals surface area (Å²) < 4.78 is 11.6. The monoisotopic (exact) mass is 385 g/mol.